The lowest BCUT2D eigenvalue weighted by molar-refractivity contribution is -0.132. The summed E-state index contributed by atoms with van der Waals surface area (Å²) in [6.45, 7) is 0.264. The molecule has 118 valence electrons. The number of nitrogens with zero attached hydrogens (tertiary/aromatic N) is 1. The summed E-state index contributed by atoms with van der Waals surface area (Å²) in [6, 6.07) is 3.49. The van der Waals surface area contributed by atoms with E-state index in [0.29, 0.717) is 5.56 Å². The van der Waals surface area contributed by atoms with Gasteiger partial charge in [-0.2, -0.15) is 0 Å². The second kappa shape index (κ2) is 7.82. The minimum atomic E-state index is -0.798. The number of likely N-dealkylation sites (N-methyl/N-ethyl adjacent to an activating group) is 1. The minimum Gasteiger partial charge on any atom is -0.504 e. The third kappa shape index (κ3) is 5.22. The molecule has 7 heteroatoms. The average Bonchev–Trinajstić information content (AvgIpc) is 2.42. The van der Waals surface area contributed by atoms with Crippen LogP contribution in [0, 0.1) is 0 Å². The van der Waals surface area contributed by atoms with Gasteiger partial charge < -0.3 is 30.7 Å². The van der Waals surface area contributed by atoms with Crippen LogP contribution in [0.5, 0.6) is 11.5 Å². The molecule has 21 heavy (non-hydrogen) atoms. The number of aliphatic hydroxyl groups excluding tert-OH is 1. The van der Waals surface area contributed by atoms with Crippen LogP contribution in [0.15, 0.2) is 18.2 Å². The molecule has 7 nitrogen and oxygen atoms in total. The molecule has 1 rings (SSSR count). The van der Waals surface area contributed by atoms with Crippen molar-refractivity contribution in [2.45, 2.75) is 18.6 Å². The van der Waals surface area contributed by atoms with E-state index in [4.69, 9.17) is 10.5 Å². The van der Waals surface area contributed by atoms with Gasteiger partial charge in [0, 0.05) is 20.7 Å². The Hall–Kier alpha value is -1.83. The first-order chi connectivity index (χ1) is 9.85. The highest BCUT2D eigenvalue weighted by molar-refractivity contribution is 5.81. The lowest BCUT2D eigenvalue weighted by Gasteiger charge is -2.23. The van der Waals surface area contributed by atoms with Crippen LogP contribution in [0.3, 0.4) is 0 Å². The van der Waals surface area contributed by atoms with Gasteiger partial charge in [0.05, 0.1) is 18.8 Å². The smallest absolute Gasteiger partial charge is 0.239 e. The summed E-state index contributed by atoms with van der Waals surface area (Å²) in [6.07, 6.45) is -0.550. The Labute approximate surface area is 123 Å². The fraction of sp³-hybridized carbons (Fsp3) is 0.500. The Kier molecular flexibility index (Phi) is 6.41. The Balaban J connectivity index is 2.59. The van der Waals surface area contributed by atoms with E-state index in [9.17, 15) is 20.1 Å². The molecule has 5 N–H and O–H groups in total. The quantitative estimate of drug-likeness (QED) is 0.501. The van der Waals surface area contributed by atoms with E-state index < -0.39 is 12.1 Å². The number of aliphatic hydroxyl groups is 1. The Morgan fingerprint density at radius 3 is 2.62 bits per heavy atom. The van der Waals surface area contributed by atoms with Crippen molar-refractivity contribution in [1.82, 2.24) is 4.90 Å². The topological polar surface area (TPSA) is 116 Å². The summed E-state index contributed by atoms with van der Waals surface area (Å²) in [5.41, 5.74) is 6.48. The first kappa shape index (κ1) is 17.2. The van der Waals surface area contributed by atoms with Gasteiger partial charge in [-0.25, -0.2) is 0 Å². The van der Waals surface area contributed by atoms with Gasteiger partial charge in [-0.15, -0.1) is 0 Å². The Bertz CT molecular complexity index is 480. The summed E-state index contributed by atoms with van der Waals surface area (Å²) in [5.74, 6) is -0.799. The molecule has 0 saturated carbocycles. The van der Waals surface area contributed by atoms with Gasteiger partial charge in [-0.05, 0) is 24.1 Å². The predicted molar refractivity (Wildman–Crippen MR) is 77.0 cm³/mol. The number of carbonyl (C=O) groups excluding carboxylic acids is 1. The first-order valence-electron chi connectivity index (χ1n) is 6.53. The number of phenolic OH excluding ortho intramolecular Hbond substituents is 2. The highest BCUT2D eigenvalue weighted by Gasteiger charge is 2.20. The molecule has 2 atom stereocenters. The van der Waals surface area contributed by atoms with Crippen molar-refractivity contribution in [2.24, 2.45) is 5.73 Å². The highest BCUT2D eigenvalue weighted by Crippen LogP contribution is 2.25. The van der Waals surface area contributed by atoms with Crippen molar-refractivity contribution in [3.05, 3.63) is 23.8 Å². The van der Waals surface area contributed by atoms with E-state index in [1.54, 1.807) is 13.1 Å². The Morgan fingerprint density at radius 2 is 2.05 bits per heavy atom. The van der Waals surface area contributed by atoms with Crippen molar-refractivity contribution in [2.75, 3.05) is 27.3 Å². The summed E-state index contributed by atoms with van der Waals surface area (Å²) in [5, 5.41) is 28.2. The molecule has 1 aromatic carbocycles. The van der Waals surface area contributed by atoms with Crippen molar-refractivity contribution in [3.8, 4) is 11.5 Å². The van der Waals surface area contributed by atoms with E-state index in [-0.39, 0.29) is 37.0 Å². The molecule has 1 unspecified atom stereocenters. The van der Waals surface area contributed by atoms with E-state index in [1.165, 1.54) is 24.1 Å². The van der Waals surface area contributed by atoms with Gasteiger partial charge in [0.15, 0.2) is 11.5 Å². The van der Waals surface area contributed by atoms with Crippen molar-refractivity contribution < 1.29 is 24.9 Å². The largest absolute Gasteiger partial charge is 0.504 e. The molecule has 0 heterocycles. The lowest BCUT2D eigenvalue weighted by Crippen LogP contribution is -2.46. The standard InChI is InChI=1S/C14H22N2O5/c1-16(7-10(17)8-21-2)14(20)11(15)5-9-3-4-12(18)13(19)6-9/h3-4,6,10-11,17-19H,5,7-8,15H2,1-2H3/t10?,11-/m0/s1. The van der Waals surface area contributed by atoms with Gasteiger partial charge >= 0.3 is 0 Å². The third-order valence-electron chi connectivity index (χ3n) is 3.03. The van der Waals surface area contributed by atoms with Gasteiger partial charge in [0.1, 0.15) is 0 Å². The zero-order valence-electron chi connectivity index (χ0n) is 12.2. The maximum atomic E-state index is 12.1. The Morgan fingerprint density at radius 1 is 1.38 bits per heavy atom. The van der Waals surface area contributed by atoms with Crippen LogP contribution in [-0.4, -0.2) is 65.6 Å². The average molecular weight is 298 g/mol. The van der Waals surface area contributed by atoms with Crippen LogP contribution >= 0.6 is 0 Å². The second-order valence-corrected chi connectivity index (χ2v) is 4.96. The number of ether oxygens (including phenoxy) is 1. The molecule has 0 spiro atoms. The summed E-state index contributed by atoms with van der Waals surface area (Å²) >= 11 is 0. The molecule has 0 aliphatic rings. The number of rotatable bonds is 7. The number of phenols is 2. The summed E-state index contributed by atoms with van der Waals surface area (Å²) in [4.78, 5) is 13.4. The van der Waals surface area contributed by atoms with Gasteiger partial charge in [-0.3, -0.25) is 4.79 Å². The maximum absolute atomic E-state index is 12.1. The first-order valence-corrected chi connectivity index (χ1v) is 6.53. The summed E-state index contributed by atoms with van der Waals surface area (Å²) < 4.78 is 4.79. The normalized spacial score (nSPS) is 13.7. The third-order valence-corrected chi connectivity index (χ3v) is 3.03. The van der Waals surface area contributed by atoms with Gasteiger partial charge in [0.2, 0.25) is 5.91 Å². The SMILES string of the molecule is COCC(O)CN(C)C(=O)[C@@H](N)Cc1ccc(O)c(O)c1. The molecule has 0 radical (unpaired) electrons. The number of benzene rings is 1. The predicted octanol–water partition coefficient (Wildman–Crippen LogP) is -0.567. The molecule has 0 aliphatic heterocycles. The van der Waals surface area contributed by atoms with E-state index in [1.807, 2.05) is 0 Å². The maximum Gasteiger partial charge on any atom is 0.239 e. The van der Waals surface area contributed by atoms with Crippen molar-refractivity contribution >= 4 is 5.91 Å². The van der Waals surface area contributed by atoms with E-state index in [2.05, 4.69) is 0 Å². The lowest BCUT2D eigenvalue weighted by atomic mass is 10.0. The molecule has 0 fully saturated rings. The van der Waals surface area contributed by atoms with Crippen LogP contribution in [0.4, 0.5) is 0 Å². The molecule has 1 amide bonds. The van der Waals surface area contributed by atoms with Crippen LogP contribution < -0.4 is 5.73 Å². The van der Waals surface area contributed by atoms with Crippen LogP contribution in [0.1, 0.15) is 5.56 Å². The van der Waals surface area contributed by atoms with E-state index in [0.717, 1.165) is 0 Å². The minimum absolute atomic E-state index is 0.126. The number of hydrogen-bond acceptors (Lipinski definition) is 6. The number of amides is 1. The second-order valence-electron chi connectivity index (χ2n) is 4.96. The monoisotopic (exact) mass is 298 g/mol. The molecule has 1 aromatic rings. The molecular formula is C14H22N2O5. The molecule has 0 bridgehead atoms. The number of hydrogen-bond donors (Lipinski definition) is 4. The van der Waals surface area contributed by atoms with Crippen LogP contribution in [0.2, 0.25) is 0 Å². The molecule has 0 aromatic heterocycles. The number of carbonyl (C=O) groups is 1. The molecule has 0 aliphatic carbocycles. The number of nitrogens with two attached hydrogens (primary N) is 1. The van der Waals surface area contributed by atoms with Crippen molar-refractivity contribution in [1.29, 1.82) is 0 Å². The van der Waals surface area contributed by atoms with E-state index >= 15 is 0 Å². The zero-order valence-corrected chi connectivity index (χ0v) is 12.2. The van der Waals surface area contributed by atoms with Crippen LogP contribution in [0.25, 0.3) is 0 Å². The fourth-order valence-corrected chi connectivity index (χ4v) is 1.97. The highest BCUT2D eigenvalue weighted by atomic mass is 16.5. The van der Waals surface area contributed by atoms with Crippen molar-refractivity contribution in [3.63, 3.8) is 0 Å². The number of methoxy groups -OCH3 is 1. The fourth-order valence-electron chi connectivity index (χ4n) is 1.97. The number of aromatic hydroxyl groups is 2. The van der Waals surface area contributed by atoms with Gasteiger partial charge in [0.25, 0.3) is 0 Å². The molecular weight excluding hydrogens is 276 g/mol. The van der Waals surface area contributed by atoms with Crippen LogP contribution in [-0.2, 0) is 16.0 Å². The van der Waals surface area contributed by atoms with Gasteiger partial charge in [-0.1, -0.05) is 6.07 Å². The zero-order chi connectivity index (χ0) is 16.0. The summed E-state index contributed by atoms with van der Waals surface area (Å²) in [7, 11) is 3.02. The molecule has 0 saturated heterocycles.